The van der Waals surface area contributed by atoms with Gasteiger partial charge < -0.3 is 10.1 Å². The van der Waals surface area contributed by atoms with Crippen LogP contribution in [0.15, 0.2) is 22.7 Å². The van der Waals surface area contributed by atoms with E-state index in [1.54, 1.807) is 13.0 Å². The minimum absolute atomic E-state index is 0.0670. The molecule has 100 valence electrons. The van der Waals surface area contributed by atoms with Crippen molar-refractivity contribution in [2.45, 2.75) is 18.8 Å². The Morgan fingerprint density at radius 3 is 3.11 bits per heavy atom. The van der Waals surface area contributed by atoms with Crippen LogP contribution >= 0.6 is 15.9 Å². The molecule has 2 atom stereocenters. The van der Waals surface area contributed by atoms with Gasteiger partial charge in [-0.1, -0.05) is 15.9 Å². The van der Waals surface area contributed by atoms with Gasteiger partial charge in [-0.3, -0.25) is 9.59 Å². The lowest BCUT2D eigenvalue weighted by molar-refractivity contribution is -0.145. The van der Waals surface area contributed by atoms with Crippen molar-refractivity contribution in [3.8, 4) is 0 Å². The number of ether oxygens (including phenoxy) is 1. The number of hydrogen-bond acceptors (Lipinski definition) is 3. The minimum Gasteiger partial charge on any atom is -0.466 e. The monoisotopic (exact) mass is 323 g/mol. The maximum atomic E-state index is 11.9. The van der Waals surface area contributed by atoms with E-state index in [1.807, 2.05) is 12.1 Å². The number of rotatable bonds is 2. The van der Waals surface area contributed by atoms with Crippen molar-refractivity contribution in [1.82, 2.24) is 5.32 Å². The second-order valence-corrected chi connectivity index (χ2v) is 5.95. The molecule has 1 heterocycles. The summed E-state index contributed by atoms with van der Waals surface area (Å²) in [6, 6.07) is 5.60. The van der Waals surface area contributed by atoms with Crippen LogP contribution in [0.2, 0.25) is 0 Å². The number of carbonyl (C=O) groups is 2. The zero-order chi connectivity index (χ0) is 13.6. The molecule has 5 heteroatoms. The molecule has 2 unspecified atom stereocenters. The molecule has 1 N–H and O–H groups in total. The smallest absolute Gasteiger partial charge is 0.309 e. The van der Waals surface area contributed by atoms with E-state index in [0.717, 1.165) is 16.5 Å². The van der Waals surface area contributed by atoms with Gasteiger partial charge in [0, 0.05) is 22.0 Å². The van der Waals surface area contributed by atoms with Crippen LogP contribution in [-0.4, -0.2) is 25.0 Å². The molecule has 3 rings (SSSR count). The molecule has 1 fully saturated rings. The number of benzene rings is 1. The van der Waals surface area contributed by atoms with E-state index in [1.165, 1.54) is 0 Å². The van der Waals surface area contributed by atoms with Gasteiger partial charge in [0.05, 0.1) is 12.5 Å². The first-order chi connectivity index (χ1) is 9.08. The van der Waals surface area contributed by atoms with E-state index in [-0.39, 0.29) is 23.2 Å². The highest BCUT2D eigenvalue weighted by Crippen LogP contribution is 2.56. The highest BCUT2D eigenvalue weighted by atomic mass is 79.9. The van der Waals surface area contributed by atoms with Crippen molar-refractivity contribution in [2.24, 2.45) is 5.92 Å². The average Bonchev–Trinajstić information content (AvgIpc) is 3.11. The summed E-state index contributed by atoms with van der Waals surface area (Å²) in [4.78, 5) is 23.8. The van der Waals surface area contributed by atoms with E-state index in [4.69, 9.17) is 4.74 Å². The number of carbonyl (C=O) groups excluding carboxylic acids is 2. The lowest BCUT2D eigenvalue weighted by atomic mass is 9.85. The van der Waals surface area contributed by atoms with E-state index >= 15 is 0 Å². The topological polar surface area (TPSA) is 55.4 Å². The molecule has 0 radical (unpaired) electrons. The van der Waals surface area contributed by atoms with E-state index in [9.17, 15) is 9.59 Å². The Hall–Kier alpha value is -1.36. The van der Waals surface area contributed by atoms with E-state index in [2.05, 4.69) is 21.2 Å². The molecule has 0 aromatic heterocycles. The SMILES string of the molecule is CCOC(=O)C1CC12CNC(=O)c1ccc(Br)cc12. The zero-order valence-electron chi connectivity index (χ0n) is 10.5. The van der Waals surface area contributed by atoms with Gasteiger partial charge in [-0.05, 0) is 37.1 Å². The Labute approximate surface area is 119 Å². The number of nitrogens with one attached hydrogen (secondary N) is 1. The second-order valence-electron chi connectivity index (χ2n) is 5.04. The average molecular weight is 324 g/mol. The van der Waals surface area contributed by atoms with Crippen molar-refractivity contribution in [3.05, 3.63) is 33.8 Å². The second kappa shape index (κ2) is 4.34. The summed E-state index contributed by atoms with van der Waals surface area (Å²) in [5.74, 6) is -0.367. The fourth-order valence-corrected chi connectivity index (χ4v) is 3.27. The first-order valence-electron chi connectivity index (χ1n) is 6.33. The predicted molar refractivity (Wildman–Crippen MR) is 72.9 cm³/mol. The van der Waals surface area contributed by atoms with Crippen LogP contribution in [0.3, 0.4) is 0 Å². The molecule has 2 aliphatic rings. The largest absolute Gasteiger partial charge is 0.466 e. The minimum atomic E-state index is -0.265. The standard InChI is InChI=1S/C14H14BrNO3/c1-2-19-13(18)11-6-14(11)7-16-12(17)9-4-3-8(15)5-10(9)14/h3-5,11H,2,6-7H2,1H3,(H,16,17). The summed E-state index contributed by atoms with van der Waals surface area (Å²) < 4.78 is 6.03. The summed E-state index contributed by atoms with van der Waals surface area (Å²) in [6.45, 7) is 2.71. The Morgan fingerprint density at radius 1 is 1.58 bits per heavy atom. The number of hydrogen-bond donors (Lipinski definition) is 1. The van der Waals surface area contributed by atoms with Gasteiger partial charge in [-0.15, -0.1) is 0 Å². The third kappa shape index (κ3) is 1.87. The van der Waals surface area contributed by atoms with Gasteiger partial charge in [0.2, 0.25) is 0 Å². The maximum absolute atomic E-state index is 11.9. The third-order valence-electron chi connectivity index (χ3n) is 3.97. The third-order valence-corrected chi connectivity index (χ3v) is 4.47. The molecule has 1 spiro atoms. The van der Waals surface area contributed by atoms with Crippen LogP contribution < -0.4 is 5.32 Å². The van der Waals surface area contributed by atoms with Gasteiger partial charge in [0.1, 0.15) is 0 Å². The van der Waals surface area contributed by atoms with Gasteiger partial charge in [0.25, 0.3) is 5.91 Å². The van der Waals surface area contributed by atoms with E-state index < -0.39 is 0 Å². The summed E-state index contributed by atoms with van der Waals surface area (Å²) in [5.41, 5.74) is 1.36. The normalized spacial score (nSPS) is 27.7. The van der Waals surface area contributed by atoms with Gasteiger partial charge in [0.15, 0.2) is 0 Å². The van der Waals surface area contributed by atoms with Crippen LogP contribution in [0, 0.1) is 5.92 Å². The number of amides is 1. The molecule has 1 aromatic carbocycles. The first-order valence-corrected chi connectivity index (χ1v) is 7.12. The Balaban J connectivity index is 1.99. The molecule has 1 aromatic rings. The van der Waals surface area contributed by atoms with E-state index in [0.29, 0.717) is 18.7 Å². The summed E-state index contributed by atoms with van der Waals surface area (Å²) in [6.07, 6.45) is 0.746. The van der Waals surface area contributed by atoms with Crippen LogP contribution in [0.5, 0.6) is 0 Å². The lowest BCUT2D eigenvalue weighted by Crippen LogP contribution is -2.41. The molecule has 1 aliphatic heterocycles. The molecule has 0 bridgehead atoms. The summed E-state index contributed by atoms with van der Waals surface area (Å²) in [5, 5.41) is 2.88. The zero-order valence-corrected chi connectivity index (χ0v) is 12.1. The van der Waals surface area contributed by atoms with Crippen molar-refractivity contribution in [2.75, 3.05) is 13.2 Å². The highest BCUT2D eigenvalue weighted by Gasteiger charge is 2.62. The summed E-state index contributed by atoms with van der Waals surface area (Å²) >= 11 is 3.43. The lowest BCUT2D eigenvalue weighted by Gasteiger charge is -2.26. The van der Waals surface area contributed by atoms with Crippen LogP contribution in [-0.2, 0) is 14.9 Å². The quantitative estimate of drug-likeness (QED) is 0.847. The van der Waals surface area contributed by atoms with Crippen molar-refractivity contribution in [3.63, 3.8) is 0 Å². The van der Waals surface area contributed by atoms with Crippen molar-refractivity contribution < 1.29 is 14.3 Å². The van der Waals surface area contributed by atoms with Crippen LogP contribution in [0.1, 0.15) is 29.3 Å². The van der Waals surface area contributed by atoms with Crippen molar-refractivity contribution in [1.29, 1.82) is 0 Å². The van der Waals surface area contributed by atoms with Gasteiger partial charge in [-0.25, -0.2) is 0 Å². The van der Waals surface area contributed by atoms with Crippen LogP contribution in [0.25, 0.3) is 0 Å². The molecular formula is C14H14BrNO3. The fraction of sp³-hybridized carbons (Fsp3) is 0.429. The van der Waals surface area contributed by atoms with Gasteiger partial charge >= 0.3 is 5.97 Å². The molecule has 1 aliphatic carbocycles. The van der Waals surface area contributed by atoms with Gasteiger partial charge in [-0.2, -0.15) is 0 Å². The Kier molecular flexibility index (Phi) is 2.89. The molecule has 0 saturated heterocycles. The summed E-state index contributed by atoms with van der Waals surface area (Å²) in [7, 11) is 0. The fourth-order valence-electron chi connectivity index (χ4n) is 2.90. The molecule has 1 saturated carbocycles. The molecule has 19 heavy (non-hydrogen) atoms. The molecule has 4 nitrogen and oxygen atoms in total. The number of fused-ring (bicyclic) bond motifs is 2. The first kappa shape index (κ1) is 12.7. The molecule has 1 amide bonds. The number of halogens is 1. The molecular weight excluding hydrogens is 310 g/mol. The van der Waals surface area contributed by atoms with Crippen LogP contribution in [0.4, 0.5) is 0 Å². The predicted octanol–water partition coefficient (Wildman–Crippen LogP) is 2.01. The Bertz CT molecular complexity index is 572. The maximum Gasteiger partial charge on any atom is 0.309 e. The highest BCUT2D eigenvalue weighted by molar-refractivity contribution is 9.10. The number of esters is 1. The Morgan fingerprint density at radius 2 is 2.37 bits per heavy atom. The van der Waals surface area contributed by atoms with Crippen molar-refractivity contribution >= 4 is 27.8 Å².